The molecule has 5 nitrogen and oxygen atoms in total. The summed E-state index contributed by atoms with van der Waals surface area (Å²) in [6.07, 6.45) is 1.39. The maximum atomic E-state index is 12.8. The van der Waals surface area contributed by atoms with Gasteiger partial charge in [-0.05, 0) is 18.9 Å². The topological polar surface area (TPSA) is 64.8 Å². The number of benzene rings is 1. The molecule has 0 spiro atoms. The SMILES string of the molecule is COc1ccccc1CN(C)C(=O)C1(CN)CCOCC1. The predicted molar refractivity (Wildman–Crippen MR) is 81.0 cm³/mol. The van der Waals surface area contributed by atoms with Crippen LogP contribution in [0.25, 0.3) is 0 Å². The zero-order valence-corrected chi connectivity index (χ0v) is 12.8. The van der Waals surface area contributed by atoms with E-state index in [1.54, 1.807) is 12.0 Å². The lowest BCUT2D eigenvalue weighted by Crippen LogP contribution is -2.49. The molecule has 0 saturated carbocycles. The van der Waals surface area contributed by atoms with Gasteiger partial charge >= 0.3 is 0 Å². The maximum absolute atomic E-state index is 12.8. The molecule has 1 amide bonds. The van der Waals surface area contributed by atoms with Gasteiger partial charge in [0.2, 0.25) is 5.91 Å². The lowest BCUT2D eigenvalue weighted by Gasteiger charge is -2.37. The van der Waals surface area contributed by atoms with Crippen LogP contribution in [0.1, 0.15) is 18.4 Å². The maximum Gasteiger partial charge on any atom is 0.230 e. The predicted octanol–water partition coefficient (Wildman–Crippen LogP) is 1.41. The molecule has 1 fully saturated rings. The van der Waals surface area contributed by atoms with Crippen molar-refractivity contribution in [3.05, 3.63) is 29.8 Å². The van der Waals surface area contributed by atoms with Crippen molar-refractivity contribution in [2.24, 2.45) is 11.1 Å². The van der Waals surface area contributed by atoms with Crippen LogP contribution in [-0.2, 0) is 16.1 Å². The largest absolute Gasteiger partial charge is 0.496 e. The van der Waals surface area contributed by atoms with Crippen molar-refractivity contribution in [1.29, 1.82) is 0 Å². The van der Waals surface area contributed by atoms with Gasteiger partial charge in [0.25, 0.3) is 0 Å². The van der Waals surface area contributed by atoms with Crippen LogP contribution in [0.2, 0.25) is 0 Å². The van der Waals surface area contributed by atoms with Crippen molar-refractivity contribution >= 4 is 5.91 Å². The number of hydrogen-bond acceptors (Lipinski definition) is 4. The number of para-hydroxylation sites is 1. The van der Waals surface area contributed by atoms with E-state index in [0.717, 1.165) is 11.3 Å². The molecule has 5 heteroatoms. The van der Waals surface area contributed by atoms with Gasteiger partial charge in [0.15, 0.2) is 0 Å². The highest BCUT2D eigenvalue weighted by Gasteiger charge is 2.40. The number of hydrogen-bond donors (Lipinski definition) is 1. The zero-order valence-electron chi connectivity index (χ0n) is 12.8. The van der Waals surface area contributed by atoms with E-state index < -0.39 is 5.41 Å². The van der Waals surface area contributed by atoms with Gasteiger partial charge in [0.1, 0.15) is 5.75 Å². The van der Waals surface area contributed by atoms with Crippen LogP contribution < -0.4 is 10.5 Å². The Morgan fingerprint density at radius 2 is 2.05 bits per heavy atom. The number of carbonyl (C=O) groups is 1. The zero-order chi connectivity index (χ0) is 15.3. The second-order valence-electron chi connectivity index (χ2n) is 5.57. The van der Waals surface area contributed by atoms with Crippen LogP contribution in [0, 0.1) is 5.41 Å². The standard InChI is InChI=1S/C16H24N2O3/c1-18(11-13-5-3-4-6-14(13)20-2)15(19)16(12-17)7-9-21-10-8-16/h3-6H,7-12,17H2,1-2H3. The van der Waals surface area contributed by atoms with Crippen LogP contribution in [0.3, 0.4) is 0 Å². The van der Waals surface area contributed by atoms with E-state index in [4.69, 9.17) is 15.2 Å². The first kappa shape index (κ1) is 15.8. The third-order valence-electron chi connectivity index (χ3n) is 4.24. The third kappa shape index (κ3) is 3.36. The Bertz CT molecular complexity index is 484. The average Bonchev–Trinajstić information content (AvgIpc) is 2.55. The molecule has 1 heterocycles. The molecule has 1 aliphatic heterocycles. The molecule has 0 aromatic heterocycles. The molecule has 1 aromatic rings. The number of nitrogens with two attached hydrogens (primary N) is 1. The van der Waals surface area contributed by atoms with Crippen molar-refractivity contribution in [2.45, 2.75) is 19.4 Å². The second kappa shape index (κ2) is 6.91. The minimum atomic E-state index is -0.477. The molecule has 2 N–H and O–H groups in total. The first-order valence-corrected chi connectivity index (χ1v) is 7.28. The Kier molecular flexibility index (Phi) is 5.20. The van der Waals surface area contributed by atoms with Crippen molar-refractivity contribution < 1.29 is 14.3 Å². The van der Waals surface area contributed by atoms with Crippen LogP contribution in [0.5, 0.6) is 5.75 Å². The van der Waals surface area contributed by atoms with E-state index in [0.29, 0.717) is 39.1 Å². The summed E-state index contributed by atoms with van der Waals surface area (Å²) < 4.78 is 10.7. The van der Waals surface area contributed by atoms with Crippen molar-refractivity contribution in [2.75, 3.05) is 33.9 Å². The summed E-state index contributed by atoms with van der Waals surface area (Å²) in [4.78, 5) is 14.6. The first-order chi connectivity index (χ1) is 10.1. The van der Waals surface area contributed by atoms with Crippen LogP contribution in [-0.4, -0.2) is 44.7 Å². The Labute approximate surface area is 126 Å². The van der Waals surface area contributed by atoms with Crippen LogP contribution >= 0.6 is 0 Å². The molecule has 0 unspecified atom stereocenters. The molecule has 116 valence electrons. The van der Waals surface area contributed by atoms with Crippen molar-refractivity contribution in [1.82, 2.24) is 4.90 Å². The highest BCUT2D eigenvalue weighted by atomic mass is 16.5. The second-order valence-corrected chi connectivity index (χ2v) is 5.57. The first-order valence-electron chi connectivity index (χ1n) is 7.28. The number of nitrogens with zero attached hydrogens (tertiary/aromatic N) is 1. The Morgan fingerprint density at radius 3 is 2.67 bits per heavy atom. The summed E-state index contributed by atoms with van der Waals surface area (Å²) >= 11 is 0. The van der Waals surface area contributed by atoms with Gasteiger partial charge in [-0.25, -0.2) is 0 Å². The number of rotatable bonds is 5. The van der Waals surface area contributed by atoms with Gasteiger partial charge in [0.05, 0.1) is 12.5 Å². The normalized spacial score (nSPS) is 17.3. The molecule has 0 aliphatic carbocycles. The smallest absolute Gasteiger partial charge is 0.230 e. The Balaban J connectivity index is 2.11. The van der Waals surface area contributed by atoms with Gasteiger partial charge in [-0.3, -0.25) is 4.79 Å². The number of carbonyl (C=O) groups excluding carboxylic acids is 1. The quantitative estimate of drug-likeness (QED) is 0.891. The van der Waals surface area contributed by atoms with E-state index in [-0.39, 0.29) is 5.91 Å². The summed E-state index contributed by atoms with van der Waals surface area (Å²) in [5.41, 5.74) is 6.42. The molecule has 0 bridgehead atoms. The fourth-order valence-corrected chi connectivity index (χ4v) is 2.83. The molecule has 0 atom stereocenters. The van der Waals surface area contributed by atoms with E-state index in [9.17, 15) is 4.79 Å². The van der Waals surface area contributed by atoms with Gasteiger partial charge in [-0.15, -0.1) is 0 Å². The van der Waals surface area contributed by atoms with Crippen molar-refractivity contribution in [3.8, 4) is 5.75 Å². The minimum Gasteiger partial charge on any atom is -0.496 e. The highest BCUT2D eigenvalue weighted by molar-refractivity contribution is 5.83. The fourth-order valence-electron chi connectivity index (χ4n) is 2.83. The number of methoxy groups -OCH3 is 1. The number of amides is 1. The summed E-state index contributed by atoms with van der Waals surface area (Å²) in [6.45, 7) is 2.09. The lowest BCUT2D eigenvalue weighted by molar-refractivity contribution is -0.146. The Morgan fingerprint density at radius 1 is 1.38 bits per heavy atom. The fraction of sp³-hybridized carbons (Fsp3) is 0.562. The summed E-state index contributed by atoms with van der Waals surface area (Å²) in [5.74, 6) is 0.894. The van der Waals surface area contributed by atoms with Crippen LogP contribution in [0.4, 0.5) is 0 Å². The average molecular weight is 292 g/mol. The van der Waals surface area contributed by atoms with Crippen LogP contribution in [0.15, 0.2) is 24.3 Å². The van der Waals surface area contributed by atoms with E-state index in [2.05, 4.69) is 0 Å². The molecule has 21 heavy (non-hydrogen) atoms. The molecular formula is C16H24N2O3. The molecule has 1 saturated heterocycles. The van der Waals surface area contributed by atoms with Crippen molar-refractivity contribution in [3.63, 3.8) is 0 Å². The monoisotopic (exact) mass is 292 g/mol. The van der Waals surface area contributed by atoms with Gasteiger partial charge < -0.3 is 20.1 Å². The van der Waals surface area contributed by atoms with Gasteiger partial charge in [0, 0.05) is 38.9 Å². The minimum absolute atomic E-state index is 0.0965. The Hall–Kier alpha value is -1.59. The third-order valence-corrected chi connectivity index (χ3v) is 4.24. The summed E-state index contributed by atoms with van der Waals surface area (Å²) in [5, 5.41) is 0. The van der Waals surface area contributed by atoms with Gasteiger partial charge in [-0.2, -0.15) is 0 Å². The summed E-state index contributed by atoms with van der Waals surface area (Å²) in [6, 6.07) is 7.75. The molecule has 0 radical (unpaired) electrons. The summed E-state index contributed by atoms with van der Waals surface area (Å²) in [7, 11) is 3.46. The molecular weight excluding hydrogens is 268 g/mol. The van der Waals surface area contributed by atoms with E-state index in [1.165, 1.54) is 0 Å². The number of ether oxygens (including phenoxy) is 2. The molecule has 1 aromatic carbocycles. The lowest BCUT2D eigenvalue weighted by atomic mass is 9.79. The van der Waals surface area contributed by atoms with Gasteiger partial charge in [-0.1, -0.05) is 18.2 Å². The van der Waals surface area contributed by atoms with E-state index in [1.807, 2.05) is 31.3 Å². The van der Waals surface area contributed by atoms with E-state index >= 15 is 0 Å². The highest BCUT2D eigenvalue weighted by Crippen LogP contribution is 2.32. The molecule has 2 rings (SSSR count). The molecule has 1 aliphatic rings.